The Morgan fingerprint density at radius 3 is 2.24 bits per heavy atom. The predicted octanol–water partition coefficient (Wildman–Crippen LogP) is 8.88. The monoisotopic (exact) mass is 711 g/mol. The standard InChI is InChI=1S/C40H61NO8Si/c1-9-10-11-12-16-19-36(30(2)27-42)48-38(43)25-37(46-28-32-20-22-33(45-6)23-21-32)35-24-34(49-50(7,8)40(3,4)5)26-41(35)39(44)47-29-31-17-14-13-15-18-31/h13-15,17-18,20-23,27,30,34-37H,9-12,16,19,24-26,28-29H2,1-8H3/t30-,34-,35+,36-,37-/m1/s1. The maximum Gasteiger partial charge on any atom is 0.410 e. The quantitative estimate of drug-likeness (QED) is 0.0581. The fourth-order valence-electron chi connectivity index (χ4n) is 5.95. The van der Waals surface area contributed by atoms with Crippen LogP contribution in [0.25, 0.3) is 0 Å². The number of likely N-dealkylation sites (tertiary alicyclic amines) is 1. The summed E-state index contributed by atoms with van der Waals surface area (Å²) in [5, 5.41) is -0.0291. The summed E-state index contributed by atoms with van der Waals surface area (Å²) in [6.07, 6.45) is 5.23. The van der Waals surface area contributed by atoms with E-state index in [9.17, 15) is 14.4 Å². The number of hydrogen-bond acceptors (Lipinski definition) is 8. The summed E-state index contributed by atoms with van der Waals surface area (Å²) in [5.41, 5.74) is 1.78. The van der Waals surface area contributed by atoms with Crippen LogP contribution in [0.3, 0.4) is 0 Å². The highest BCUT2D eigenvalue weighted by atomic mass is 28.4. The molecule has 1 aliphatic rings. The lowest BCUT2D eigenvalue weighted by atomic mass is 9.99. The van der Waals surface area contributed by atoms with Gasteiger partial charge in [-0.3, -0.25) is 9.69 Å². The molecule has 2 aromatic rings. The van der Waals surface area contributed by atoms with Crippen molar-refractivity contribution in [1.82, 2.24) is 4.90 Å². The normalized spacial score (nSPS) is 18.3. The largest absolute Gasteiger partial charge is 0.497 e. The molecule has 0 bridgehead atoms. The number of nitrogens with zero attached hydrogens (tertiary/aromatic N) is 1. The summed E-state index contributed by atoms with van der Waals surface area (Å²) in [4.78, 5) is 41.0. The molecule has 9 nitrogen and oxygen atoms in total. The van der Waals surface area contributed by atoms with Gasteiger partial charge >= 0.3 is 12.1 Å². The summed E-state index contributed by atoms with van der Waals surface area (Å²) in [7, 11) is -0.582. The molecule has 2 aromatic carbocycles. The molecular weight excluding hydrogens is 651 g/mol. The Balaban J connectivity index is 1.87. The van der Waals surface area contributed by atoms with E-state index >= 15 is 0 Å². The van der Waals surface area contributed by atoms with E-state index in [1.807, 2.05) is 54.6 Å². The van der Waals surface area contributed by atoms with Crippen molar-refractivity contribution in [1.29, 1.82) is 0 Å². The van der Waals surface area contributed by atoms with E-state index in [2.05, 4.69) is 40.8 Å². The van der Waals surface area contributed by atoms with Gasteiger partial charge in [-0.15, -0.1) is 0 Å². The highest BCUT2D eigenvalue weighted by Crippen LogP contribution is 2.40. The van der Waals surface area contributed by atoms with Gasteiger partial charge in [0.15, 0.2) is 8.32 Å². The first kappa shape index (κ1) is 41.2. The second-order valence-corrected chi connectivity index (χ2v) is 19.9. The van der Waals surface area contributed by atoms with Crippen LogP contribution in [-0.4, -0.2) is 69.6 Å². The molecule has 1 fully saturated rings. The fraction of sp³-hybridized carbons (Fsp3) is 0.625. The Labute approximate surface area is 301 Å². The first-order valence-corrected chi connectivity index (χ1v) is 21.2. The summed E-state index contributed by atoms with van der Waals surface area (Å²) in [6.45, 7) is 15.6. The first-order valence-electron chi connectivity index (χ1n) is 18.3. The van der Waals surface area contributed by atoms with Gasteiger partial charge in [-0.2, -0.15) is 0 Å². The van der Waals surface area contributed by atoms with Gasteiger partial charge in [0, 0.05) is 12.5 Å². The molecule has 3 rings (SSSR count). The zero-order valence-corrected chi connectivity index (χ0v) is 32.7. The van der Waals surface area contributed by atoms with Gasteiger partial charge in [-0.05, 0) is 60.7 Å². The average Bonchev–Trinajstić information content (AvgIpc) is 3.51. The molecule has 278 valence electrons. The minimum atomic E-state index is -2.20. The maximum absolute atomic E-state index is 13.8. The van der Waals surface area contributed by atoms with Crippen LogP contribution < -0.4 is 4.74 Å². The van der Waals surface area contributed by atoms with Crippen LogP contribution in [0.1, 0.15) is 97.1 Å². The molecule has 0 aromatic heterocycles. The highest BCUT2D eigenvalue weighted by molar-refractivity contribution is 6.74. The van der Waals surface area contributed by atoms with Gasteiger partial charge in [0.1, 0.15) is 24.7 Å². The van der Waals surface area contributed by atoms with E-state index in [-0.39, 0.29) is 30.8 Å². The van der Waals surface area contributed by atoms with Crippen LogP contribution in [-0.2, 0) is 41.4 Å². The number of carbonyl (C=O) groups is 3. The van der Waals surface area contributed by atoms with Crippen LogP contribution in [0.5, 0.6) is 5.75 Å². The molecule has 0 spiro atoms. The number of benzene rings is 2. The molecule has 0 radical (unpaired) electrons. The zero-order chi connectivity index (χ0) is 36.7. The molecule has 0 saturated carbocycles. The van der Waals surface area contributed by atoms with Gasteiger partial charge < -0.3 is 28.2 Å². The van der Waals surface area contributed by atoms with Crippen LogP contribution in [0, 0.1) is 5.92 Å². The number of hydrogen-bond donors (Lipinski definition) is 0. The second-order valence-electron chi connectivity index (χ2n) is 15.1. The van der Waals surface area contributed by atoms with Crippen molar-refractivity contribution in [3.63, 3.8) is 0 Å². The lowest BCUT2D eigenvalue weighted by Crippen LogP contribution is -2.46. The van der Waals surface area contributed by atoms with Crippen molar-refractivity contribution in [3.05, 3.63) is 65.7 Å². The van der Waals surface area contributed by atoms with Crippen LogP contribution in [0.4, 0.5) is 4.79 Å². The molecule has 1 heterocycles. The molecule has 5 atom stereocenters. The first-order chi connectivity index (χ1) is 23.8. The summed E-state index contributed by atoms with van der Waals surface area (Å²) >= 11 is 0. The lowest BCUT2D eigenvalue weighted by Gasteiger charge is -2.38. The summed E-state index contributed by atoms with van der Waals surface area (Å²) < 4.78 is 30.5. The Morgan fingerprint density at radius 2 is 1.62 bits per heavy atom. The molecule has 1 saturated heterocycles. The predicted molar refractivity (Wildman–Crippen MR) is 198 cm³/mol. The average molecular weight is 712 g/mol. The third-order valence-electron chi connectivity index (χ3n) is 10.1. The van der Waals surface area contributed by atoms with Crippen molar-refractivity contribution in [3.8, 4) is 5.75 Å². The Hall–Kier alpha value is -3.21. The van der Waals surface area contributed by atoms with Crippen molar-refractivity contribution in [2.45, 2.75) is 142 Å². The maximum atomic E-state index is 13.8. The van der Waals surface area contributed by atoms with E-state index in [1.165, 1.54) is 0 Å². The number of rotatable bonds is 20. The molecule has 0 unspecified atom stereocenters. The molecule has 1 amide bonds. The number of methoxy groups -OCH3 is 1. The van der Waals surface area contributed by atoms with E-state index in [0.29, 0.717) is 19.4 Å². The van der Waals surface area contributed by atoms with Crippen LogP contribution in [0.15, 0.2) is 54.6 Å². The molecule has 50 heavy (non-hydrogen) atoms. The van der Waals surface area contributed by atoms with Gasteiger partial charge in [0.05, 0.1) is 38.4 Å². The van der Waals surface area contributed by atoms with Crippen LogP contribution in [0.2, 0.25) is 18.1 Å². The Morgan fingerprint density at radius 1 is 0.960 bits per heavy atom. The molecule has 0 N–H and O–H groups in total. The molecule has 10 heteroatoms. The highest BCUT2D eigenvalue weighted by Gasteiger charge is 2.47. The fourth-order valence-corrected chi connectivity index (χ4v) is 7.31. The molecular formula is C40H61NO8Si. The Kier molecular flexibility index (Phi) is 16.5. The summed E-state index contributed by atoms with van der Waals surface area (Å²) in [5.74, 6) is -0.155. The number of carbonyl (C=O) groups excluding carboxylic acids is 3. The zero-order valence-electron chi connectivity index (χ0n) is 31.7. The minimum absolute atomic E-state index is 0.0291. The molecule has 0 aliphatic carbocycles. The van der Waals surface area contributed by atoms with Crippen molar-refractivity contribution < 1.29 is 37.8 Å². The van der Waals surface area contributed by atoms with E-state index in [1.54, 1.807) is 18.9 Å². The number of unbranched alkanes of at least 4 members (excludes halogenated alkanes) is 4. The Bertz CT molecular complexity index is 1310. The third kappa shape index (κ3) is 12.8. The lowest BCUT2D eigenvalue weighted by molar-refractivity contribution is -0.157. The smallest absolute Gasteiger partial charge is 0.410 e. The number of ether oxygens (including phenoxy) is 4. The van der Waals surface area contributed by atoms with Gasteiger partial charge in [0.2, 0.25) is 0 Å². The minimum Gasteiger partial charge on any atom is -0.497 e. The van der Waals surface area contributed by atoms with E-state index < -0.39 is 44.5 Å². The third-order valence-corrected chi connectivity index (χ3v) is 14.6. The van der Waals surface area contributed by atoms with Crippen LogP contribution >= 0.6 is 0 Å². The van der Waals surface area contributed by atoms with Crippen molar-refractivity contribution >= 4 is 26.7 Å². The topological polar surface area (TPSA) is 101 Å². The summed E-state index contributed by atoms with van der Waals surface area (Å²) in [6, 6.07) is 16.6. The molecule has 1 aliphatic heterocycles. The number of aldehydes is 1. The SMILES string of the molecule is CCCCCCC[C@@H](OC(=O)C[C@@H](OCc1ccc(OC)cc1)[C@@H]1C[C@@H](O[Si](C)(C)C(C)(C)C)CN1C(=O)OCc1ccccc1)[C@H](C)C=O. The van der Waals surface area contributed by atoms with Gasteiger partial charge in [-0.1, -0.05) is 103 Å². The van der Waals surface area contributed by atoms with E-state index in [0.717, 1.165) is 55.3 Å². The van der Waals surface area contributed by atoms with Gasteiger partial charge in [-0.25, -0.2) is 4.79 Å². The van der Waals surface area contributed by atoms with E-state index in [4.69, 9.17) is 23.4 Å². The van der Waals surface area contributed by atoms with Crippen molar-refractivity contribution in [2.24, 2.45) is 5.92 Å². The van der Waals surface area contributed by atoms with Crippen molar-refractivity contribution in [2.75, 3.05) is 13.7 Å². The van der Waals surface area contributed by atoms with Gasteiger partial charge in [0.25, 0.3) is 0 Å². The number of esters is 1. The number of amides is 1. The second kappa shape index (κ2) is 20.0.